The first-order valence-electron chi connectivity index (χ1n) is 14.4. The Labute approximate surface area is 261 Å². The molecule has 0 saturated carbocycles. The van der Waals surface area contributed by atoms with Crippen molar-refractivity contribution in [3.05, 3.63) is 131 Å². The molecular formula is C38H12F10. The van der Waals surface area contributed by atoms with Gasteiger partial charge in [0.1, 0.15) is 0 Å². The van der Waals surface area contributed by atoms with Gasteiger partial charge in [0.2, 0.25) is 11.6 Å². The van der Waals surface area contributed by atoms with E-state index >= 15 is 17.6 Å². The topological polar surface area (TPSA) is 0 Å². The predicted octanol–water partition coefficient (Wildman–Crippen LogP) is 12.2. The zero-order valence-corrected chi connectivity index (χ0v) is 23.7. The Balaban J connectivity index is 1.62. The van der Waals surface area contributed by atoms with Gasteiger partial charge in [-0.15, -0.1) is 0 Å². The highest BCUT2D eigenvalue weighted by atomic mass is 19.2. The molecule has 48 heavy (non-hydrogen) atoms. The van der Waals surface area contributed by atoms with E-state index in [0.717, 1.165) is 0 Å². The summed E-state index contributed by atoms with van der Waals surface area (Å²) in [7, 11) is 0. The van der Waals surface area contributed by atoms with E-state index in [1.165, 1.54) is 0 Å². The summed E-state index contributed by atoms with van der Waals surface area (Å²) in [6.45, 7) is 0. The number of hydrogen-bond donors (Lipinski definition) is 0. The summed E-state index contributed by atoms with van der Waals surface area (Å²) < 4.78 is 151. The van der Waals surface area contributed by atoms with E-state index in [0.29, 0.717) is 21.5 Å². The molecule has 0 aromatic heterocycles. The standard InChI is InChI=1S/C38H12F10/c39-29-27(30(40)34(44)37(47)33(29)43)25-21-17-9-13-5-1-2-6-14(13)10-18(17)22(21)26(28-31(41)35(45)38(48)36(46)32(28)42)24-20-12-16-8-4-3-7-15(16)11-19(20)23(24)25/h1-12H. The highest BCUT2D eigenvalue weighted by Crippen LogP contribution is 2.58. The Morgan fingerprint density at radius 2 is 0.458 bits per heavy atom. The zero-order valence-electron chi connectivity index (χ0n) is 23.7. The van der Waals surface area contributed by atoms with Crippen LogP contribution in [0.1, 0.15) is 0 Å². The number of benzene rings is 7. The third-order valence-corrected chi connectivity index (χ3v) is 9.27. The molecule has 0 saturated heterocycles. The van der Waals surface area contributed by atoms with E-state index in [-0.39, 0.29) is 43.1 Å². The molecule has 0 heterocycles. The fourth-order valence-corrected chi connectivity index (χ4v) is 7.16. The van der Waals surface area contributed by atoms with Crippen LogP contribution in [0.5, 0.6) is 0 Å². The third kappa shape index (κ3) is 3.36. The van der Waals surface area contributed by atoms with Gasteiger partial charge in [-0.1, -0.05) is 48.5 Å². The summed E-state index contributed by atoms with van der Waals surface area (Å²) in [6.07, 6.45) is 0. The second kappa shape index (κ2) is 9.47. The summed E-state index contributed by atoms with van der Waals surface area (Å²) in [4.78, 5) is 0. The van der Waals surface area contributed by atoms with Crippen LogP contribution in [0.25, 0.3) is 86.9 Å². The molecule has 0 unspecified atom stereocenters. The van der Waals surface area contributed by atoms with Crippen LogP contribution in [0.2, 0.25) is 0 Å². The Kier molecular flexibility index (Phi) is 5.64. The van der Waals surface area contributed by atoms with Gasteiger partial charge in [0, 0.05) is 11.1 Å². The number of rotatable bonds is 2. The second-order valence-corrected chi connectivity index (χ2v) is 11.6. The van der Waals surface area contributed by atoms with Gasteiger partial charge in [0.15, 0.2) is 46.5 Å². The summed E-state index contributed by atoms with van der Waals surface area (Å²) in [6, 6.07) is 19.8. The van der Waals surface area contributed by atoms with Gasteiger partial charge >= 0.3 is 0 Å². The van der Waals surface area contributed by atoms with Crippen molar-refractivity contribution in [1.29, 1.82) is 0 Å². The first-order valence-corrected chi connectivity index (χ1v) is 14.4. The minimum Gasteiger partial charge on any atom is -0.203 e. The third-order valence-electron chi connectivity index (χ3n) is 9.27. The molecule has 0 radical (unpaired) electrons. The maximum atomic E-state index is 15.7. The predicted molar refractivity (Wildman–Crippen MR) is 164 cm³/mol. The largest absolute Gasteiger partial charge is 0.203 e. The normalized spacial score (nSPS) is 12.4. The van der Waals surface area contributed by atoms with Gasteiger partial charge in [-0.2, -0.15) is 0 Å². The van der Waals surface area contributed by atoms with E-state index in [9.17, 15) is 26.3 Å². The summed E-state index contributed by atoms with van der Waals surface area (Å²) in [5.41, 5.74) is -3.52. The molecule has 0 amide bonds. The molecule has 0 fully saturated rings. The first kappa shape index (κ1) is 28.6. The van der Waals surface area contributed by atoms with E-state index < -0.39 is 80.4 Å². The molecule has 9 rings (SSSR count). The Morgan fingerprint density at radius 1 is 0.250 bits per heavy atom. The lowest BCUT2D eigenvalue weighted by atomic mass is 9.74. The maximum absolute atomic E-state index is 15.7. The molecule has 0 aliphatic carbocycles. The molecular weight excluding hydrogens is 646 g/mol. The summed E-state index contributed by atoms with van der Waals surface area (Å²) in [5.74, 6) is -22.2. The van der Waals surface area contributed by atoms with Gasteiger partial charge in [-0.3, -0.25) is 0 Å². The second-order valence-electron chi connectivity index (χ2n) is 11.6. The lowest BCUT2D eigenvalue weighted by molar-refractivity contribution is 0.381. The van der Waals surface area contributed by atoms with Crippen LogP contribution in [0.3, 0.4) is 0 Å². The van der Waals surface area contributed by atoms with Crippen molar-refractivity contribution >= 4 is 64.6 Å². The molecule has 0 nitrogen and oxygen atoms in total. The van der Waals surface area contributed by atoms with Crippen molar-refractivity contribution in [3.8, 4) is 22.3 Å². The highest BCUT2D eigenvalue weighted by Gasteiger charge is 2.37. The van der Waals surface area contributed by atoms with Crippen molar-refractivity contribution in [3.63, 3.8) is 0 Å². The van der Waals surface area contributed by atoms with Crippen LogP contribution in [0.4, 0.5) is 43.9 Å². The molecule has 0 N–H and O–H groups in total. The molecule has 9 aromatic carbocycles. The van der Waals surface area contributed by atoms with Crippen molar-refractivity contribution in [1.82, 2.24) is 0 Å². The van der Waals surface area contributed by atoms with Gasteiger partial charge < -0.3 is 0 Å². The Hall–Kier alpha value is -5.64. The summed E-state index contributed by atoms with van der Waals surface area (Å²) >= 11 is 0. The number of hydrogen-bond acceptors (Lipinski definition) is 0. The quantitative estimate of drug-likeness (QED) is 0.0985. The average Bonchev–Trinajstić information content (AvgIpc) is 3.08. The minimum atomic E-state index is -2.39. The minimum absolute atomic E-state index is 0.171. The molecule has 0 atom stereocenters. The average molecular weight is 658 g/mol. The summed E-state index contributed by atoms with van der Waals surface area (Å²) in [5, 5.41) is 2.55. The SMILES string of the molecule is Fc1c(F)c(F)c(-c2c3c4cc5ccccc5cc4c3c(-c3c(F)c(F)c(F)c(F)c3F)c3c4cc5ccccc5cc4c23)c(F)c1F. The van der Waals surface area contributed by atoms with Gasteiger partial charge in [0.05, 0.1) is 11.1 Å². The first-order chi connectivity index (χ1) is 23.0. The smallest absolute Gasteiger partial charge is 0.200 e. The molecule has 10 heteroatoms. The molecule has 9 aromatic rings. The Bertz CT molecular complexity index is 2510. The van der Waals surface area contributed by atoms with E-state index in [1.54, 1.807) is 72.8 Å². The lowest BCUT2D eigenvalue weighted by Gasteiger charge is -2.28. The lowest BCUT2D eigenvalue weighted by Crippen LogP contribution is -2.09. The molecule has 0 spiro atoms. The maximum Gasteiger partial charge on any atom is 0.200 e. The van der Waals surface area contributed by atoms with Crippen LogP contribution in [-0.4, -0.2) is 0 Å². The van der Waals surface area contributed by atoms with E-state index in [4.69, 9.17) is 0 Å². The zero-order chi connectivity index (χ0) is 33.5. The molecule has 0 aliphatic rings. The van der Waals surface area contributed by atoms with Crippen molar-refractivity contribution < 1.29 is 43.9 Å². The van der Waals surface area contributed by atoms with Crippen molar-refractivity contribution in [2.75, 3.05) is 0 Å². The Morgan fingerprint density at radius 3 is 0.688 bits per heavy atom. The van der Waals surface area contributed by atoms with Crippen LogP contribution in [-0.2, 0) is 0 Å². The van der Waals surface area contributed by atoms with Gasteiger partial charge in [-0.05, 0) is 88.9 Å². The van der Waals surface area contributed by atoms with E-state index in [2.05, 4.69) is 0 Å². The van der Waals surface area contributed by atoms with Crippen LogP contribution >= 0.6 is 0 Å². The van der Waals surface area contributed by atoms with Crippen LogP contribution in [0.15, 0.2) is 72.8 Å². The van der Waals surface area contributed by atoms with Crippen LogP contribution < -0.4 is 0 Å². The van der Waals surface area contributed by atoms with Crippen molar-refractivity contribution in [2.45, 2.75) is 0 Å². The highest BCUT2D eigenvalue weighted by molar-refractivity contribution is 6.47. The van der Waals surface area contributed by atoms with E-state index in [1.807, 2.05) is 0 Å². The number of halogens is 10. The monoisotopic (exact) mass is 658 g/mol. The molecule has 0 bridgehead atoms. The van der Waals surface area contributed by atoms with Gasteiger partial charge in [0.25, 0.3) is 0 Å². The fraction of sp³-hybridized carbons (Fsp3) is 0. The van der Waals surface area contributed by atoms with Crippen molar-refractivity contribution in [2.24, 2.45) is 0 Å². The fourth-order valence-electron chi connectivity index (χ4n) is 7.16. The molecule has 0 aliphatic heterocycles. The molecule has 234 valence electrons. The van der Waals surface area contributed by atoms with Crippen LogP contribution in [0, 0.1) is 58.2 Å². The van der Waals surface area contributed by atoms with Gasteiger partial charge in [-0.25, -0.2) is 43.9 Å². The number of fused-ring (bicyclic) bond motifs is 10.